The molecule has 0 aromatic heterocycles. The minimum atomic E-state index is -0.691. The van der Waals surface area contributed by atoms with Crippen molar-refractivity contribution in [3.8, 4) is 0 Å². The number of nitrogens with two attached hydrogens (primary N) is 1. The van der Waals surface area contributed by atoms with E-state index >= 15 is 0 Å². The van der Waals surface area contributed by atoms with Crippen molar-refractivity contribution >= 4 is 28.3 Å². The number of aliphatic hydroxyl groups excluding tert-OH is 1. The number of halogens is 3. The Labute approximate surface area is 116 Å². The van der Waals surface area contributed by atoms with Gasteiger partial charge in [0.15, 0.2) is 0 Å². The van der Waals surface area contributed by atoms with Crippen molar-refractivity contribution in [3.05, 3.63) is 34.1 Å². The Morgan fingerprint density at radius 3 is 2.71 bits per heavy atom. The molecular formula is C12H18BrClFNO. The third kappa shape index (κ3) is 4.54. The predicted octanol–water partition coefficient (Wildman–Crippen LogP) is 3.56. The lowest BCUT2D eigenvalue weighted by Crippen LogP contribution is -2.27. The molecular weight excluding hydrogens is 308 g/mol. The van der Waals surface area contributed by atoms with E-state index in [1.54, 1.807) is 18.2 Å². The third-order valence-electron chi connectivity index (χ3n) is 2.61. The molecule has 0 aliphatic rings. The van der Waals surface area contributed by atoms with E-state index in [1.165, 1.54) is 0 Å². The fraction of sp³-hybridized carbons (Fsp3) is 0.500. The molecule has 3 N–H and O–H groups in total. The van der Waals surface area contributed by atoms with Crippen molar-refractivity contribution < 1.29 is 9.50 Å². The molecule has 98 valence electrons. The van der Waals surface area contributed by atoms with E-state index in [0.717, 1.165) is 12.8 Å². The molecule has 0 unspecified atom stereocenters. The second-order valence-electron chi connectivity index (χ2n) is 3.88. The quantitative estimate of drug-likeness (QED) is 0.869. The van der Waals surface area contributed by atoms with Crippen molar-refractivity contribution in [2.45, 2.75) is 38.3 Å². The molecule has 0 fully saturated rings. The van der Waals surface area contributed by atoms with Crippen LogP contribution in [0.2, 0.25) is 0 Å². The molecule has 0 aliphatic heterocycles. The van der Waals surface area contributed by atoms with Crippen LogP contribution in [-0.4, -0.2) is 11.2 Å². The highest BCUT2D eigenvalue weighted by atomic mass is 79.9. The summed E-state index contributed by atoms with van der Waals surface area (Å²) in [6, 6.07) is 4.28. The van der Waals surface area contributed by atoms with Crippen LogP contribution in [0, 0.1) is 5.82 Å². The maximum absolute atomic E-state index is 13.7. The van der Waals surface area contributed by atoms with E-state index in [9.17, 15) is 9.50 Å². The minimum Gasteiger partial charge on any atom is -0.391 e. The lowest BCUT2D eigenvalue weighted by atomic mass is 9.98. The molecule has 0 heterocycles. The van der Waals surface area contributed by atoms with Gasteiger partial charge in [-0.25, -0.2) is 4.39 Å². The lowest BCUT2D eigenvalue weighted by molar-refractivity contribution is 0.131. The highest BCUT2D eigenvalue weighted by molar-refractivity contribution is 9.10. The van der Waals surface area contributed by atoms with Gasteiger partial charge in [-0.2, -0.15) is 0 Å². The molecule has 0 amide bonds. The van der Waals surface area contributed by atoms with Crippen molar-refractivity contribution in [2.24, 2.45) is 5.73 Å². The Bertz CT molecular complexity index is 351. The van der Waals surface area contributed by atoms with E-state index in [0.29, 0.717) is 16.5 Å². The highest BCUT2D eigenvalue weighted by Crippen LogP contribution is 2.25. The molecule has 1 aromatic carbocycles. The Kier molecular flexibility index (Phi) is 7.96. The molecule has 5 heteroatoms. The molecule has 0 aliphatic carbocycles. The monoisotopic (exact) mass is 325 g/mol. The van der Waals surface area contributed by atoms with Gasteiger partial charge in [0.25, 0.3) is 0 Å². The smallest absolute Gasteiger partial charge is 0.142 e. The van der Waals surface area contributed by atoms with Gasteiger partial charge in [-0.1, -0.05) is 31.9 Å². The summed E-state index contributed by atoms with van der Waals surface area (Å²) in [5.74, 6) is -0.384. The van der Waals surface area contributed by atoms with Crippen molar-refractivity contribution in [3.63, 3.8) is 0 Å². The molecule has 0 bridgehead atoms. The summed E-state index contributed by atoms with van der Waals surface area (Å²) in [7, 11) is 0. The van der Waals surface area contributed by atoms with Crippen LogP contribution in [0.15, 0.2) is 22.7 Å². The Morgan fingerprint density at radius 1 is 1.47 bits per heavy atom. The van der Waals surface area contributed by atoms with Gasteiger partial charge in [-0.3, -0.25) is 0 Å². The van der Waals surface area contributed by atoms with Crippen LogP contribution in [0.1, 0.15) is 37.8 Å². The van der Waals surface area contributed by atoms with Gasteiger partial charge in [0, 0.05) is 5.56 Å². The van der Waals surface area contributed by atoms with Gasteiger partial charge in [-0.05, 0) is 28.4 Å². The SMILES string of the molecule is CCCC[C@H](O)[C@H](N)c1cccc(Br)c1F.Cl. The van der Waals surface area contributed by atoms with Crippen molar-refractivity contribution in [1.82, 2.24) is 0 Å². The zero-order valence-electron chi connectivity index (χ0n) is 9.70. The van der Waals surface area contributed by atoms with Gasteiger partial charge in [0.05, 0.1) is 16.6 Å². The van der Waals surface area contributed by atoms with Crippen LogP contribution >= 0.6 is 28.3 Å². The lowest BCUT2D eigenvalue weighted by Gasteiger charge is -2.19. The first-order chi connectivity index (χ1) is 7.57. The first-order valence-electron chi connectivity index (χ1n) is 5.45. The summed E-state index contributed by atoms with van der Waals surface area (Å²) in [5.41, 5.74) is 6.20. The van der Waals surface area contributed by atoms with E-state index in [2.05, 4.69) is 15.9 Å². The molecule has 1 aromatic rings. The van der Waals surface area contributed by atoms with Crippen LogP contribution in [-0.2, 0) is 0 Å². The zero-order valence-corrected chi connectivity index (χ0v) is 12.1. The predicted molar refractivity (Wildman–Crippen MR) is 73.8 cm³/mol. The second kappa shape index (κ2) is 8.03. The van der Waals surface area contributed by atoms with Crippen LogP contribution in [0.4, 0.5) is 4.39 Å². The molecule has 0 saturated carbocycles. The van der Waals surface area contributed by atoms with Crippen molar-refractivity contribution in [1.29, 1.82) is 0 Å². The van der Waals surface area contributed by atoms with Crippen LogP contribution < -0.4 is 5.73 Å². The van der Waals surface area contributed by atoms with Gasteiger partial charge in [0.2, 0.25) is 0 Å². The van der Waals surface area contributed by atoms with Crippen LogP contribution in [0.3, 0.4) is 0 Å². The highest BCUT2D eigenvalue weighted by Gasteiger charge is 2.20. The first-order valence-corrected chi connectivity index (χ1v) is 6.24. The van der Waals surface area contributed by atoms with E-state index in [4.69, 9.17) is 5.73 Å². The summed E-state index contributed by atoms with van der Waals surface area (Å²) in [4.78, 5) is 0. The third-order valence-corrected chi connectivity index (χ3v) is 3.22. The summed E-state index contributed by atoms with van der Waals surface area (Å²) in [6.07, 6.45) is 1.79. The second-order valence-corrected chi connectivity index (χ2v) is 4.73. The van der Waals surface area contributed by atoms with Crippen molar-refractivity contribution in [2.75, 3.05) is 0 Å². The summed E-state index contributed by atoms with van der Waals surface area (Å²) in [5, 5.41) is 9.81. The van der Waals surface area contributed by atoms with Crippen LogP contribution in [0.5, 0.6) is 0 Å². The molecule has 2 atom stereocenters. The maximum atomic E-state index is 13.7. The number of unbranched alkanes of at least 4 members (excludes halogenated alkanes) is 1. The maximum Gasteiger partial charge on any atom is 0.142 e. The fourth-order valence-corrected chi connectivity index (χ4v) is 1.96. The van der Waals surface area contributed by atoms with Gasteiger partial charge >= 0.3 is 0 Å². The van der Waals surface area contributed by atoms with Gasteiger partial charge in [-0.15, -0.1) is 12.4 Å². The first kappa shape index (κ1) is 16.8. The number of aliphatic hydroxyl groups is 1. The van der Waals surface area contributed by atoms with Gasteiger partial charge in [0.1, 0.15) is 5.82 Å². The Balaban J connectivity index is 0.00000256. The number of rotatable bonds is 5. The van der Waals surface area contributed by atoms with E-state index in [1.807, 2.05) is 6.92 Å². The number of hydrogen-bond donors (Lipinski definition) is 2. The van der Waals surface area contributed by atoms with Crippen LogP contribution in [0.25, 0.3) is 0 Å². The molecule has 2 nitrogen and oxygen atoms in total. The largest absolute Gasteiger partial charge is 0.391 e. The van der Waals surface area contributed by atoms with Gasteiger partial charge < -0.3 is 10.8 Å². The summed E-state index contributed by atoms with van der Waals surface area (Å²) >= 11 is 3.10. The molecule has 0 spiro atoms. The summed E-state index contributed by atoms with van der Waals surface area (Å²) in [6.45, 7) is 2.04. The number of benzene rings is 1. The molecule has 0 saturated heterocycles. The average Bonchev–Trinajstić information content (AvgIpc) is 2.28. The topological polar surface area (TPSA) is 46.2 Å². The number of hydrogen-bond acceptors (Lipinski definition) is 2. The summed E-state index contributed by atoms with van der Waals surface area (Å²) < 4.78 is 14.1. The molecule has 0 radical (unpaired) electrons. The average molecular weight is 327 g/mol. The minimum absolute atomic E-state index is 0. The Hall–Kier alpha value is -0.160. The van der Waals surface area contributed by atoms with E-state index in [-0.39, 0.29) is 18.2 Å². The Morgan fingerprint density at radius 2 is 2.12 bits per heavy atom. The molecule has 1 rings (SSSR count). The molecule has 17 heavy (non-hydrogen) atoms. The normalized spacial score (nSPS) is 13.9. The zero-order chi connectivity index (χ0) is 12.1. The fourth-order valence-electron chi connectivity index (χ4n) is 1.58. The van der Waals surface area contributed by atoms with E-state index < -0.39 is 12.1 Å². The standard InChI is InChI=1S/C12H17BrFNO.ClH/c1-2-3-7-10(16)12(15)8-5-4-6-9(13)11(8)14;/h4-6,10,12,16H,2-3,7,15H2,1H3;1H/t10-,12+;/m0./s1.